The van der Waals surface area contributed by atoms with E-state index in [4.69, 9.17) is 23.2 Å². The third-order valence-corrected chi connectivity index (χ3v) is 6.83. The molecule has 0 atom stereocenters. The van der Waals surface area contributed by atoms with Gasteiger partial charge in [-0.25, -0.2) is 4.98 Å². The number of pyridine rings is 1. The number of amides is 1. The average molecular weight is 410 g/mol. The highest BCUT2D eigenvalue weighted by Gasteiger charge is 2.27. The predicted molar refractivity (Wildman–Crippen MR) is 107 cm³/mol. The lowest BCUT2D eigenvalue weighted by Crippen LogP contribution is -2.39. The van der Waals surface area contributed by atoms with Gasteiger partial charge in [0, 0.05) is 43.7 Å². The van der Waals surface area contributed by atoms with Crippen molar-refractivity contribution >= 4 is 46.3 Å². The Labute approximate surface area is 167 Å². The van der Waals surface area contributed by atoms with Crippen molar-refractivity contribution in [1.82, 2.24) is 9.88 Å². The van der Waals surface area contributed by atoms with Gasteiger partial charge >= 0.3 is 0 Å². The molecule has 1 amide bonds. The van der Waals surface area contributed by atoms with E-state index in [1.165, 1.54) is 10.4 Å². The Morgan fingerprint density at radius 1 is 1.27 bits per heavy atom. The maximum atomic E-state index is 12.7. The number of hydrogen-bond acceptors (Lipinski definition) is 4. The Balaban J connectivity index is 1.30. The molecule has 0 radical (unpaired) electrons. The fourth-order valence-corrected chi connectivity index (χ4v) is 5.22. The molecule has 0 aliphatic carbocycles. The third kappa shape index (κ3) is 3.85. The van der Waals surface area contributed by atoms with Crippen LogP contribution in [0.1, 0.15) is 29.7 Å². The molecule has 0 spiro atoms. The molecule has 1 saturated heterocycles. The molecule has 4 heterocycles. The second-order valence-corrected chi connectivity index (χ2v) is 8.87. The minimum Gasteiger partial charge on any atom is -0.355 e. The van der Waals surface area contributed by atoms with Crippen LogP contribution in [0.5, 0.6) is 0 Å². The third-order valence-electron chi connectivity index (χ3n) is 5.33. The van der Waals surface area contributed by atoms with Crippen LogP contribution >= 0.6 is 34.5 Å². The monoisotopic (exact) mass is 409 g/mol. The molecule has 0 saturated carbocycles. The van der Waals surface area contributed by atoms with Crippen molar-refractivity contribution in [3.05, 3.63) is 44.2 Å². The van der Waals surface area contributed by atoms with Gasteiger partial charge in [0.1, 0.15) is 5.82 Å². The van der Waals surface area contributed by atoms with Crippen LogP contribution in [-0.4, -0.2) is 35.4 Å². The number of hydrogen-bond donors (Lipinski definition) is 0. The topological polar surface area (TPSA) is 36.4 Å². The molecule has 0 N–H and O–H groups in total. The zero-order valence-corrected chi connectivity index (χ0v) is 16.8. The number of rotatable bonds is 3. The van der Waals surface area contributed by atoms with Crippen molar-refractivity contribution in [3.63, 3.8) is 0 Å². The average Bonchev–Trinajstić information content (AvgIpc) is 3.10. The van der Waals surface area contributed by atoms with Gasteiger partial charge in [-0.15, -0.1) is 11.3 Å². The van der Waals surface area contributed by atoms with Crippen LogP contribution in [0.3, 0.4) is 0 Å². The van der Waals surface area contributed by atoms with Crippen LogP contribution in [0.4, 0.5) is 5.82 Å². The minimum absolute atomic E-state index is 0.294. The SMILES string of the molecule is O=C(CC1CCN(c2ncc(Cl)cc2Cl)CC1)N1CCc2sccc2C1. The quantitative estimate of drug-likeness (QED) is 0.740. The molecular weight excluding hydrogens is 389 g/mol. The van der Waals surface area contributed by atoms with Gasteiger partial charge < -0.3 is 9.80 Å². The van der Waals surface area contributed by atoms with Gasteiger partial charge in [-0.1, -0.05) is 23.2 Å². The number of aromatic nitrogens is 1. The van der Waals surface area contributed by atoms with Crippen molar-refractivity contribution in [2.45, 2.75) is 32.2 Å². The summed E-state index contributed by atoms with van der Waals surface area (Å²) in [6, 6.07) is 3.89. The second kappa shape index (κ2) is 7.75. The molecular formula is C19H21Cl2N3OS. The summed E-state index contributed by atoms with van der Waals surface area (Å²) in [5, 5.41) is 3.27. The molecule has 26 heavy (non-hydrogen) atoms. The van der Waals surface area contributed by atoms with Crippen molar-refractivity contribution in [2.75, 3.05) is 24.5 Å². The van der Waals surface area contributed by atoms with Gasteiger partial charge in [-0.05, 0) is 48.3 Å². The van der Waals surface area contributed by atoms with Gasteiger partial charge in [-0.3, -0.25) is 4.79 Å². The second-order valence-electron chi connectivity index (χ2n) is 7.03. The summed E-state index contributed by atoms with van der Waals surface area (Å²) in [6.45, 7) is 3.39. The van der Waals surface area contributed by atoms with Gasteiger partial charge in [0.15, 0.2) is 0 Å². The van der Waals surface area contributed by atoms with E-state index in [0.29, 0.717) is 28.3 Å². The minimum atomic E-state index is 0.294. The highest BCUT2D eigenvalue weighted by molar-refractivity contribution is 7.10. The summed E-state index contributed by atoms with van der Waals surface area (Å²) in [6.07, 6.45) is 5.26. The van der Waals surface area contributed by atoms with Gasteiger partial charge in [0.05, 0.1) is 10.0 Å². The Morgan fingerprint density at radius 2 is 2.08 bits per heavy atom. The number of thiophene rings is 1. The first kappa shape index (κ1) is 18.1. The number of carbonyl (C=O) groups excluding carboxylic acids is 1. The molecule has 2 aromatic heterocycles. The molecule has 2 aliphatic heterocycles. The molecule has 4 rings (SSSR count). The Kier molecular flexibility index (Phi) is 5.39. The van der Waals surface area contributed by atoms with Crippen LogP contribution in [-0.2, 0) is 17.8 Å². The molecule has 4 nitrogen and oxygen atoms in total. The van der Waals surface area contributed by atoms with Crippen molar-refractivity contribution in [2.24, 2.45) is 5.92 Å². The van der Waals surface area contributed by atoms with E-state index in [9.17, 15) is 4.79 Å². The summed E-state index contributed by atoms with van der Waals surface area (Å²) in [7, 11) is 0. The molecule has 1 fully saturated rings. The van der Waals surface area contributed by atoms with Crippen molar-refractivity contribution in [3.8, 4) is 0 Å². The molecule has 138 valence electrons. The maximum Gasteiger partial charge on any atom is 0.223 e. The highest BCUT2D eigenvalue weighted by Crippen LogP contribution is 2.31. The summed E-state index contributed by atoms with van der Waals surface area (Å²) < 4.78 is 0. The van der Waals surface area contributed by atoms with E-state index in [1.54, 1.807) is 23.6 Å². The van der Waals surface area contributed by atoms with Crippen molar-refractivity contribution < 1.29 is 4.79 Å². The molecule has 0 bridgehead atoms. The van der Waals surface area contributed by atoms with E-state index < -0.39 is 0 Å². The lowest BCUT2D eigenvalue weighted by molar-refractivity contribution is -0.133. The lowest BCUT2D eigenvalue weighted by Gasteiger charge is -2.34. The number of carbonyl (C=O) groups is 1. The first-order chi connectivity index (χ1) is 12.6. The van der Waals surface area contributed by atoms with Crippen molar-refractivity contribution in [1.29, 1.82) is 0 Å². The largest absolute Gasteiger partial charge is 0.355 e. The number of piperidine rings is 1. The Hall–Kier alpha value is -1.30. The van der Waals surface area contributed by atoms with Crippen LogP contribution < -0.4 is 4.90 Å². The van der Waals surface area contributed by atoms with Crippen LogP contribution in [0.2, 0.25) is 10.0 Å². The fraction of sp³-hybridized carbons (Fsp3) is 0.474. The number of fused-ring (bicyclic) bond motifs is 1. The van der Waals surface area contributed by atoms with Gasteiger partial charge in [0.2, 0.25) is 5.91 Å². The summed E-state index contributed by atoms with van der Waals surface area (Å²) >= 11 is 14.0. The first-order valence-electron chi connectivity index (χ1n) is 8.99. The van der Waals surface area contributed by atoms with E-state index in [2.05, 4.69) is 21.3 Å². The van der Waals surface area contributed by atoms with Crippen LogP contribution in [0, 0.1) is 5.92 Å². The fourth-order valence-electron chi connectivity index (χ4n) is 3.83. The summed E-state index contributed by atoms with van der Waals surface area (Å²) in [5.74, 6) is 1.53. The molecule has 2 aromatic rings. The first-order valence-corrected chi connectivity index (χ1v) is 10.6. The zero-order chi connectivity index (χ0) is 18.1. The Bertz CT molecular complexity index is 802. The normalized spacial score (nSPS) is 18.1. The molecule has 0 aromatic carbocycles. The number of anilines is 1. The van der Waals surface area contributed by atoms with E-state index >= 15 is 0 Å². The van der Waals surface area contributed by atoms with E-state index in [0.717, 1.165) is 51.3 Å². The summed E-state index contributed by atoms with van der Waals surface area (Å²) in [5.41, 5.74) is 1.33. The van der Waals surface area contributed by atoms with Crippen LogP contribution in [0.15, 0.2) is 23.7 Å². The van der Waals surface area contributed by atoms with Crippen LogP contribution in [0.25, 0.3) is 0 Å². The molecule has 7 heteroatoms. The van der Waals surface area contributed by atoms with Gasteiger partial charge in [-0.2, -0.15) is 0 Å². The smallest absolute Gasteiger partial charge is 0.223 e. The lowest BCUT2D eigenvalue weighted by atomic mass is 9.92. The van der Waals surface area contributed by atoms with E-state index in [-0.39, 0.29) is 0 Å². The summed E-state index contributed by atoms with van der Waals surface area (Å²) in [4.78, 5) is 22.7. The predicted octanol–water partition coefficient (Wildman–Crippen LogP) is 4.64. The molecule has 2 aliphatic rings. The Morgan fingerprint density at radius 3 is 2.85 bits per heavy atom. The standard InChI is InChI=1S/C19H21Cl2N3OS/c20-15-10-16(21)19(22-11-15)23-5-1-13(2-6-23)9-18(25)24-7-3-17-14(12-24)4-8-26-17/h4,8,10-11,13H,1-3,5-7,9,12H2. The number of nitrogens with zero attached hydrogens (tertiary/aromatic N) is 3. The van der Waals surface area contributed by atoms with E-state index in [1.807, 2.05) is 4.90 Å². The number of halogens is 2. The maximum absolute atomic E-state index is 12.7. The zero-order valence-electron chi connectivity index (χ0n) is 14.5. The molecule has 0 unspecified atom stereocenters. The van der Waals surface area contributed by atoms with Gasteiger partial charge in [0.25, 0.3) is 0 Å². The highest BCUT2D eigenvalue weighted by atomic mass is 35.5.